The number of benzene rings is 2. The van der Waals surface area contributed by atoms with Crippen LogP contribution in [-0.2, 0) is 26.1 Å². The molecule has 6 nitrogen and oxygen atoms in total. The van der Waals surface area contributed by atoms with E-state index in [9.17, 15) is 13.2 Å². The third-order valence-corrected chi connectivity index (χ3v) is 6.85. The number of ether oxygens (including phenoxy) is 1. The summed E-state index contributed by atoms with van der Waals surface area (Å²) in [7, 11) is -3.91. The average molecular weight is 419 g/mol. The number of fused-ring (bicyclic) bond motifs is 1. The van der Waals surface area contributed by atoms with Crippen molar-refractivity contribution in [3.8, 4) is 0 Å². The maximum Gasteiger partial charge on any atom is 0.326 e. The number of hydrogen-bond acceptors (Lipinski definition) is 5. The molecule has 0 saturated heterocycles. The van der Waals surface area contributed by atoms with E-state index in [4.69, 9.17) is 4.74 Å². The van der Waals surface area contributed by atoms with Crippen molar-refractivity contribution in [2.75, 3.05) is 6.61 Å². The summed E-state index contributed by atoms with van der Waals surface area (Å²) in [4.78, 5) is 12.5. The summed E-state index contributed by atoms with van der Waals surface area (Å²) in [5, 5.41) is 0. The number of carbonyl (C=O) groups excluding carboxylic acids is 1. The molecule has 0 fully saturated rings. The van der Waals surface area contributed by atoms with E-state index < -0.39 is 16.0 Å². The molecule has 3 rings (SSSR count). The summed E-state index contributed by atoms with van der Waals surface area (Å²) >= 11 is 1.24. The van der Waals surface area contributed by atoms with E-state index in [2.05, 4.69) is 4.40 Å². The van der Waals surface area contributed by atoms with E-state index in [1.165, 1.54) is 23.5 Å². The highest BCUT2D eigenvalue weighted by Crippen LogP contribution is 2.23. The van der Waals surface area contributed by atoms with Crippen LogP contribution in [0.5, 0.6) is 0 Å². The Morgan fingerprint density at radius 2 is 1.75 bits per heavy atom. The summed E-state index contributed by atoms with van der Waals surface area (Å²) in [6, 6.07) is 10.4. The van der Waals surface area contributed by atoms with E-state index in [-0.39, 0.29) is 22.8 Å². The number of hydrogen-bond donors (Lipinski definition) is 0. The third-order valence-electron chi connectivity index (χ3n) is 4.41. The Labute approximate surface area is 168 Å². The lowest BCUT2D eigenvalue weighted by molar-refractivity contribution is -0.143. The molecule has 3 aromatic rings. The van der Waals surface area contributed by atoms with Crippen molar-refractivity contribution in [1.82, 2.24) is 4.57 Å². The minimum atomic E-state index is -3.91. The summed E-state index contributed by atoms with van der Waals surface area (Å²) in [5.41, 5.74) is 3.86. The maximum atomic E-state index is 12.8. The van der Waals surface area contributed by atoms with Crippen LogP contribution in [0.2, 0.25) is 0 Å². The molecular weight excluding hydrogens is 396 g/mol. The Kier molecular flexibility index (Phi) is 5.71. The molecular formula is C20H22N2O4S2. The van der Waals surface area contributed by atoms with Crippen molar-refractivity contribution < 1.29 is 17.9 Å². The fourth-order valence-corrected chi connectivity index (χ4v) is 5.06. The van der Waals surface area contributed by atoms with E-state index in [0.29, 0.717) is 0 Å². The molecule has 0 amide bonds. The minimum absolute atomic E-state index is 0.0986. The van der Waals surface area contributed by atoms with Gasteiger partial charge in [0.2, 0.25) is 4.80 Å². The van der Waals surface area contributed by atoms with Crippen LogP contribution in [0.4, 0.5) is 0 Å². The molecule has 0 radical (unpaired) electrons. The van der Waals surface area contributed by atoms with Crippen LogP contribution in [-0.4, -0.2) is 25.6 Å². The van der Waals surface area contributed by atoms with Gasteiger partial charge >= 0.3 is 5.97 Å². The van der Waals surface area contributed by atoms with Crippen LogP contribution >= 0.6 is 11.3 Å². The van der Waals surface area contributed by atoms with Crippen molar-refractivity contribution in [1.29, 1.82) is 0 Å². The predicted molar refractivity (Wildman–Crippen MR) is 110 cm³/mol. The zero-order valence-electron chi connectivity index (χ0n) is 16.2. The number of sulfonamides is 1. The molecule has 0 saturated carbocycles. The lowest BCUT2D eigenvalue weighted by atomic mass is 10.1. The van der Waals surface area contributed by atoms with E-state index in [1.807, 2.05) is 32.9 Å². The standard InChI is InChI=1S/C20H22N2O4S2/c1-5-26-19(23)12-22-17-10-14(3)15(4)11-18(17)27-20(22)21-28(24,25)16-8-6-13(2)7-9-16/h6-11H,5,12H2,1-4H3/b21-20-. The second-order valence-corrected chi connectivity index (χ2v) is 9.17. The van der Waals surface area contributed by atoms with Gasteiger partial charge in [0.05, 0.1) is 21.7 Å². The van der Waals surface area contributed by atoms with Crippen LogP contribution in [0.1, 0.15) is 23.6 Å². The predicted octanol–water partition coefficient (Wildman–Crippen LogP) is 3.48. The first-order valence-corrected chi connectivity index (χ1v) is 11.1. The highest BCUT2D eigenvalue weighted by atomic mass is 32.2. The molecule has 0 aliphatic carbocycles. The van der Waals surface area contributed by atoms with Crippen LogP contribution in [0.15, 0.2) is 45.7 Å². The number of esters is 1. The second-order valence-electron chi connectivity index (χ2n) is 6.56. The number of aryl methyl sites for hydroxylation is 3. The van der Waals surface area contributed by atoms with Crippen molar-refractivity contribution in [3.05, 3.63) is 57.9 Å². The van der Waals surface area contributed by atoms with Crippen LogP contribution < -0.4 is 4.80 Å². The van der Waals surface area contributed by atoms with Gasteiger partial charge in [-0.15, -0.1) is 4.40 Å². The molecule has 0 unspecified atom stereocenters. The Hall–Kier alpha value is -2.45. The van der Waals surface area contributed by atoms with Crippen molar-refractivity contribution in [2.24, 2.45) is 4.40 Å². The first kappa shape index (κ1) is 20.3. The first-order chi connectivity index (χ1) is 13.2. The van der Waals surface area contributed by atoms with Gasteiger partial charge in [0.1, 0.15) is 6.54 Å². The van der Waals surface area contributed by atoms with Gasteiger partial charge in [0, 0.05) is 0 Å². The molecule has 0 aliphatic rings. The highest BCUT2D eigenvalue weighted by Gasteiger charge is 2.17. The lowest BCUT2D eigenvalue weighted by Crippen LogP contribution is -2.23. The van der Waals surface area contributed by atoms with Gasteiger partial charge < -0.3 is 9.30 Å². The zero-order valence-corrected chi connectivity index (χ0v) is 17.9. The molecule has 8 heteroatoms. The number of aromatic nitrogens is 1. The Morgan fingerprint density at radius 3 is 2.39 bits per heavy atom. The topological polar surface area (TPSA) is 77.7 Å². The normalized spacial score (nSPS) is 12.5. The third kappa shape index (κ3) is 4.18. The fourth-order valence-electron chi connectivity index (χ4n) is 2.75. The Balaban J connectivity index is 2.22. The quantitative estimate of drug-likeness (QED) is 0.595. The van der Waals surface area contributed by atoms with E-state index >= 15 is 0 Å². The molecule has 0 N–H and O–H groups in total. The first-order valence-electron chi connectivity index (χ1n) is 8.85. The highest BCUT2D eigenvalue weighted by molar-refractivity contribution is 7.90. The van der Waals surface area contributed by atoms with Gasteiger partial charge in [0.25, 0.3) is 10.0 Å². The SMILES string of the molecule is CCOC(=O)Cn1/c(=N/S(=O)(=O)c2ccc(C)cc2)sc2cc(C)c(C)cc21. The Morgan fingerprint density at radius 1 is 1.11 bits per heavy atom. The average Bonchev–Trinajstić information content (AvgIpc) is 2.92. The van der Waals surface area contributed by atoms with Gasteiger partial charge in [-0.1, -0.05) is 29.0 Å². The van der Waals surface area contributed by atoms with Crippen LogP contribution in [0.25, 0.3) is 10.2 Å². The number of carbonyl (C=O) groups is 1. The summed E-state index contributed by atoms with van der Waals surface area (Å²) < 4.78 is 37.2. The summed E-state index contributed by atoms with van der Waals surface area (Å²) in [6.45, 7) is 7.74. The van der Waals surface area contributed by atoms with Crippen molar-refractivity contribution in [2.45, 2.75) is 39.1 Å². The largest absolute Gasteiger partial charge is 0.465 e. The van der Waals surface area contributed by atoms with Gasteiger partial charge in [-0.25, -0.2) is 0 Å². The molecule has 2 aromatic carbocycles. The van der Waals surface area contributed by atoms with Crippen LogP contribution in [0, 0.1) is 20.8 Å². The second kappa shape index (κ2) is 7.89. The monoisotopic (exact) mass is 418 g/mol. The molecule has 148 valence electrons. The smallest absolute Gasteiger partial charge is 0.326 e. The molecule has 28 heavy (non-hydrogen) atoms. The van der Waals surface area contributed by atoms with Crippen LogP contribution in [0.3, 0.4) is 0 Å². The van der Waals surface area contributed by atoms with Crippen molar-refractivity contribution in [3.63, 3.8) is 0 Å². The van der Waals surface area contributed by atoms with Gasteiger partial charge in [0.15, 0.2) is 0 Å². The van der Waals surface area contributed by atoms with E-state index in [0.717, 1.165) is 26.9 Å². The number of thiazole rings is 1. The molecule has 0 atom stereocenters. The fraction of sp³-hybridized carbons (Fsp3) is 0.300. The summed E-state index contributed by atoms with van der Waals surface area (Å²) in [5.74, 6) is -0.436. The van der Waals surface area contributed by atoms with Gasteiger partial charge in [-0.05, 0) is 63.1 Å². The van der Waals surface area contributed by atoms with Gasteiger partial charge in [-0.2, -0.15) is 8.42 Å². The summed E-state index contributed by atoms with van der Waals surface area (Å²) in [6.07, 6.45) is 0. The molecule has 0 bridgehead atoms. The Bertz CT molecular complexity index is 1200. The minimum Gasteiger partial charge on any atom is -0.465 e. The molecule has 0 aliphatic heterocycles. The van der Waals surface area contributed by atoms with E-state index in [1.54, 1.807) is 23.6 Å². The lowest BCUT2D eigenvalue weighted by Gasteiger charge is -2.07. The van der Waals surface area contributed by atoms with Gasteiger partial charge in [-0.3, -0.25) is 4.79 Å². The maximum absolute atomic E-state index is 12.8. The molecule has 1 aromatic heterocycles. The number of nitrogens with zero attached hydrogens (tertiary/aromatic N) is 2. The zero-order chi connectivity index (χ0) is 20.5. The number of rotatable bonds is 5. The van der Waals surface area contributed by atoms with Crippen molar-refractivity contribution >= 4 is 37.5 Å². The molecule has 1 heterocycles. The molecule has 0 spiro atoms.